The molecule has 1 fully saturated rings. The van der Waals surface area contributed by atoms with E-state index < -0.39 is 5.91 Å². The van der Waals surface area contributed by atoms with Gasteiger partial charge in [-0.05, 0) is 85.9 Å². The van der Waals surface area contributed by atoms with Crippen LogP contribution in [0.5, 0.6) is 11.6 Å². The third-order valence-electron chi connectivity index (χ3n) is 6.92. The van der Waals surface area contributed by atoms with Gasteiger partial charge in [0.15, 0.2) is 0 Å². The number of nitrogens with zero attached hydrogens (tertiary/aromatic N) is 4. The molecule has 9 heteroatoms. The monoisotopic (exact) mass is 510 g/mol. The Hall–Kier alpha value is -4.42. The van der Waals surface area contributed by atoms with E-state index in [-0.39, 0.29) is 6.04 Å². The van der Waals surface area contributed by atoms with Crippen molar-refractivity contribution in [2.75, 3.05) is 23.3 Å². The van der Waals surface area contributed by atoms with Crippen molar-refractivity contribution in [2.45, 2.75) is 45.9 Å². The fourth-order valence-corrected chi connectivity index (χ4v) is 4.94. The Bertz CT molecular complexity index is 1400. The third-order valence-corrected chi connectivity index (χ3v) is 6.92. The molecule has 2 aliphatic rings. The van der Waals surface area contributed by atoms with Gasteiger partial charge < -0.3 is 25.4 Å². The van der Waals surface area contributed by atoms with Crippen LogP contribution in [0.2, 0.25) is 0 Å². The Morgan fingerprint density at radius 2 is 1.87 bits per heavy atom. The number of benzene rings is 2. The molecule has 9 nitrogen and oxygen atoms in total. The summed E-state index contributed by atoms with van der Waals surface area (Å²) in [6.07, 6.45) is 5.08. The van der Waals surface area contributed by atoms with Crippen LogP contribution in [0, 0.1) is 25.2 Å². The average Bonchev–Trinajstić information content (AvgIpc) is 3.39. The van der Waals surface area contributed by atoms with Gasteiger partial charge in [-0.1, -0.05) is 0 Å². The summed E-state index contributed by atoms with van der Waals surface area (Å²) in [4.78, 5) is 23.1. The van der Waals surface area contributed by atoms with Gasteiger partial charge in [-0.25, -0.2) is 4.98 Å². The predicted molar refractivity (Wildman–Crippen MR) is 145 cm³/mol. The second-order valence-corrected chi connectivity index (χ2v) is 9.64. The molecule has 0 radical (unpaired) electrons. The predicted octanol–water partition coefficient (Wildman–Crippen LogP) is 4.63. The molecule has 1 amide bonds. The van der Waals surface area contributed by atoms with E-state index in [0.29, 0.717) is 30.6 Å². The van der Waals surface area contributed by atoms with Gasteiger partial charge in [0.2, 0.25) is 17.7 Å². The van der Waals surface area contributed by atoms with Crippen LogP contribution >= 0.6 is 0 Å². The number of amides is 1. The number of fused-ring (bicyclic) bond motifs is 1. The summed E-state index contributed by atoms with van der Waals surface area (Å²) in [5.74, 6) is 1.37. The summed E-state index contributed by atoms with van der Waals surface area (Å²) in [5, 5.41) is 12.3. The molecule has 38 heavy (non-hydrogen) atoms. The number of ether oxygens (including phenoxy) is 2. The van der Waals surface area contributed by atoms with Crippen LogP contribution in [0.25, 0.3) is 6.08 Å². The smallest absolute Gasteiger partial charge is 0.248 e. The first kappa shape index (κ1) is 25.2. The first-order valence-corrected chi connectivity index (χ1v) is 12.7. The number of carbonyl (C=O) groups excluding carboxylic acids is 1. The topological polar surface area (TPSA) is 126 Å². The zero-order valence-electron chi connectivity index (χ0n) is 21.5. The van der Waals surface area contributed by atoms with Crippen molar-refractivity contribution in [3.8, 4) is 17.7 Å². The highest BCUT2D eigenvalue weighted by Crippen LogP contribution is 2.35. The van der Waals surface area contributed by atoms with Gasteiger partial charge in [0.05, 0.1) is 30.5 Å². The van der Waals surface area contributed by atoms with Crippen molar-refractivity contribution < 1.29 is 14.3 Å². The van der Waals surface area contributed by atoms with Crippen LogP contribution in [0.3, 0.4) is 0 Å². The summed E-state index contributed by atoms with van der Waals surface area (Å²) < 4.78 is 12.0. The van der Waals surface area contributed by atoms with Crippen molar-refractivity contribution >= 4 is 23.6 Å². The van der Waals surface area contributed by atoms with Crippen LogP contribution in [0.1, 0.15) is 51.1 Å². The van der Waals surface area contributed by atoms with Gasteiger partial charge in [0.1, 0.15) is 5.75 Å². The average molecular weight is 511 g/mol. The molecule has 3 aromatic rings. The largest absolute Gasteiger partial charge is 0.438 e. The van der Waals surface area contributed by atoms with Gasteiger partial charge in [0.25, 0.3) is 0 Å². The number of piperidine rings is 1. The first-order chi connectivity index (χ1) is 18.4. The zero-order chi connectivity index (χ0) is 26.6. The molecule has 1 aromatic heterocycles. The van der Waals surface area contributed by atoms with Crippen molar-refractivity contribution in [2.24, 2.45) is 5.73 Å². The molecule has 5 rings (SSSR count). The number of primary amides is 1. The fourth-order valence-electron chi connectivity index (χ4n) is 4.94. The van der Waals surface area contributed by atoms with Gasteiger partial charge in [-0.3, -0.25) is 4.79 Å². The maximum absolute atomic E-state index is 11.3. The first-order valence-electron chi connectivity index (χ1n) is 12.7. The third kappa shape index (κ3) is 5.45. The lowest BCUT2D eigenvalue weighted by Crippen LogP contribution is -2.39. The van der Waals surface area contributed by atoms with E-state index in [1.165, 1.54) is 6.08 Å². The van der Waals surface area contributed by atoms with Crippen molar-refractivity contribution in [3.05, 3.63) is 76.0 Å². The van der Waals surface area contributed by atoms with Crippen LogP contribution < -0.4 is 20.7 Å². The summed E-state index contributed by atoms with van der Waals surface area (Å²) >= 11 is 0. The molecular formula is C29H30N6O3. The van der Waals surface area contributed by atoms with Gasteiger partial charge in [-0.2, -0.15) is 10.2 Å². The molecule has 0 atom stereocenters. The van der Waals surface area contributed by atoms with Gasteiger partial charge in [-0.15, -0.1) is 0 Å². The molecule has 0 bridgehead atoms. The summed E-state index contributed by atoms with van der Waals surface area (Å²) in [6, 6.07) is 13.6. The fraction of sp³-hybridized carbons (Fsp3) is 0.310. The number of nitrogens with one attached hydrogen (secondary N) is 1. The van der Waals surface area contributed by atoms with E-state index in [4.69, 9.17) is 30.4 Å². The number of rotatable bonds is 7. The number of nitriles is 1. The van der Waals surface area contributed by atoms with Crippen molar-refractivity contribution in [1.82, 2.24) is 9.97 Å². The maximum Gasteiger partial charge on any atom is 0.248 e. The summed E-state index contributed by atoms with van der Waals surface area (Å²) in [5.41, 5.74) is 11.5. The zero-order valence-corrected chi connectivity index (χ0v) is 21.5. The molecule has 0 spiro atoms. The second-order valence-electron chi connectivity index (χ2n) is 9.64. The highest BCUT2D eigenvalue weighted by molar-refractivity contribution is 5.93. The minimum atomic E-state index is -0.419. The van der Waals surface area contributed by atoms with Crippen molar-refractivity contribution in [1.29, 1.82) is 5.26 Å². The van der Waals surface area contributed by atoms with Crippen LogP contribution in [-0.2, 0) is 18.0 Å². The lowest BCUT2D eigenvalue weighted by molar-refractivity contribution is 0.100. The molecule has 2 aromatic carbocycles. The lowest BCUT2D eigenvalue weighted by Gasteiger charge is -2.34. The van der Waals surface area contributed by atoms with Crippen LogP contribution in [0.4, 0.5) is 11.6 Å². The minimum Gasteiger partial charge on any atom is -0.438 e. The Kier molecular flexibility index (Phi) is 7.24. The standard InChI is InChI=1S/C29H30N6O3/c1-18-14-20(4-3-11-30)15-19(2)26(18)38-28-24-16-37-17-25(24)33-29(34-28)32-22-9-12-35(13-10-22)23-7-5-21(6-8-23)27(31)36/h3-8,14-15,22H,9-10,12-13,16-17H2,1-2H3,(H2,31,36)(H,32,33,34)/b4-3+. The molecule has 0 unspecified atom stereocenters. The Labute approximate surface area is 221 Å². The second kappa shape index (κ2) is 10.9. The Morgan fingerprint density at radius 1 is 1.16 bits per heavy atom. The molecule has 2 aliphatic heterocycles. The number of aryl methyl sites for hydroxylation is 2. The van der Waals surface area contributed by atoms with Crippen molar-refractivity contribution in [3.63, 3.8) is 0 Å². The molecular weight excluding hydrogens is 480 g/mol. The van der Waals surface area contributed by atoms with E-state index in [2.05, 4.69) is 10.2 Å². The highest BCUT2D eigenvalue weighted by Gasteiger charge is 2.25. The molecule has 0 saturated carbocycles. The normalized spacial score (nSPS) is 15.3. The summed E-state index contributed by atoms with van der Waals surface area (Å²) in [6.45, 7) is 6.56. The lowest BCUT2D eigenvalue weighted by atomic mass is 10.0. The van der Waals surface area contributed by atoms with E-state index in [9.17, 15) is 4.79 Å². The van der Waals surface area contributed by atoms with Gasteiger partial charge in [0, 0.05) is 36.5 Å². The molecule has 194 valence electrons. The molecule has 3 N–H and O–H groups in total. The molecule has 0 aliphatic carbocycles. The van der Waals surface area contributed by atoms with E-state index in [0.717, 1.165) is 65.3 Å². The van der Waals surface area contributed by atoms with Crippen LogP contribution in [0.15, 0.2) is 42.5 Å². The number of allylic oxidation sites excluding steroid dienone is 1. The number of aromatic nitrogens is 2. The quantitative estimate of drug-likeness (QED) is 0.441. The maximum atomic E-state index is 11.3. The SMILES string of the molecule is Cc1cc(/C=C/C#N)cc(C)c1Oc1nc(NC2CCN(c3ccc(C(N)=O)cc3)CC2)nc2c1COC2. The minimum absolute atomic E-state index is 0.221. The number of carbonyl (C=O) groups is 1. The highest BCUT2D eigenvalue weighted by atomic mass is 16.5. The van der Waals surface area contributed by atoms with E-state index in [1.807, 2.05) is 44.2 Å². The number of hydrogen-bond donors (Lipinski definition) is 2. The Balaban J connectivity index is 1.29. The molecule has 1 saturated heterocycles. The van der Waals surface area contributed by atoms with Gasteiger partial charge >= 0.3 is 0 Å². The number of hydrogen-bond acceptors (Lipinski definition) is 8. The number of nitrogens with two attached hydrogens (primary N) is 1. The summed E-state index contributed by atoms with van der Waals surface area (Å²) in [7, 11) is 0. The Morgan fingerprint density at radius 3 is 2.53 bits per heavy atom. The molecule has 3 heterocycles. The van der Waals surface area contributed by atoms with E-state index in [1.54, 1.807) is 18.2 Å². The van der Waals surface area contributed by atoms with Crippen LogP contribution in [-0.4, -0.2) is 35.0 Å². The van der Waals surface area contributed by atoms with E-state index >= 15 is 0 Å². The number of anilines is 2.